The minimum absolute atomic E-state index is 0.0509. The first-order valence-corrected chi connectivity index (χ1v) is 8.91. The average molecular weight is 338 g/mol. The van der Waals surface area contributed by atoms with Gasteiger partial charge in [-0.15, -0.1) is 0 Å². The third kappa shape index (κ3) is 5.33. The summed E-state index contributed by atoms with van der Waals surface area (Å²) < 4.78 is 5.95. The van der Waals surface area contributed by atoms with Gasteiger partial charge < -0.3 is 15.8 Å². The first kappa shape index (κ1) is 17.5. The highest BCUT2D eigenvalue weighted by Gasteiger charge is 2.22. The Bertz CT molecular complexity index is 711. The Morgan fingerprint density at radius 1 is 1.24 bits per heavy atom. The number of carbonyl (C=O) groups is 1. The van der Waals surface area contributed by atoms with E-state index in [2.05, 4.69) is 5.32 Å². The molecule has 2 aromatic carbocycles. The zero-order chi connectivity index (χ0) is 17.6. The highest BCUT2D eigenvalue weighted by Crippen LogP contribution is 2.30. The minimum Gasteiger partial charge on any atom is -0.493 e. The summed E-state index contributed by atoms with van der Waals surface area (Å²) in [4.78, 5) is 12.2. The van der Waals surface area contributed by atoms with E-state index >= 15 is 0 Å². The van der Waals surface area contributed by atoms with E-state index in [1.807, 2.05) is 55.5 Å². The standard InChI is InChI=1S/C21H26N2O2/c1-15-7-10-18(20(11-15)25-14-16-8-9-16)13-23-21(24)12-19(22)17-5-3-2-4-6-17/h2-7,10-11,16,19H,8-9,12-14,22H2,1H3,(H,23,24). The SMILES string of the molecule is Cc1ccc(CNC(=O)CC(N)c2ccccc2)c(OCC2CC2)c1. The Hall–Kier alpha value is -2.33. The molecule has 0 heterocycles. The van der Waals surface area contributed by atoms with E-state index in [9.17, 15) is 4.79 Å². The molecule has 0 radical (unpaired) electrons. The van der Waals surface area contributed by atoms with Crippen molar-refractivity contribution in [3.8, 4) is 5.75 Å². The van der Waals surface area contributed by atoms with Gasteiger partial charge in [0.05, 0.1) is 6.61 Å². The maximum atomic E-state index is 12.2. The van der Waals surface area contributed by atoms with Gasteiger partial charge in [0.2, 0.25) is 5.91 Å². The fourth-order valence-corrected chi connectivity index (χ4v) is 2.72. The number of hydrogen-bond donors (Lipinski definition) is 2. The first-order valence-electron chi connectivity index (χ1n) is 8.91. The quantitative estimate of drug-likeness (QED) is 0.774. The van der Waals surface area contributed by atoms with Crippen LogP contribution >= 0.6 is 0 Å². The fraction of sp³-hybridized carbons (Fsp3) is 0.381. The van der Waals surface area contributed by atoms with E-state index < -0.39 is 0 Å². The van der Waals surface area contributed by atoms with Gasteiger partial charge in [-0.05, 0) is 42.9 Å². The molecule has 1 saturated carbocycles. The van der Waals surface area contributed by atoms with Gasteiger partial charge in [-0.1, -0.05) is 42.5 Å². The van der Waals surface area contributed by atoms with Gasteiger partial charge in [0, 0.05) is 24.6 Å². The van der Waals surface area contributed by atoms with E-state index in [-0.39, 0.29) is 18.4 Å². The van der Waals surface area contributed by atoms with Gasteiger partial charge in [0.15, 0.2) is 0 Å². The predicted molar refractivity (Wildman–Crippen MR) is 99.2 cm³/mol. The molecule has 1 aliphatic carbocycles. The van der Waals surface area contributed by atoms with Gasteiger partial charge in [0.1, 0.15) is 5.75 Å². The Kier molecular flexibility index (Phi) is 5.71. The fourth-order valence-electron chi connectivity index (χ4n) is 2.72. The van der Waals surface area contributed by atoms with Gasteiger partial charge in [-0.25, -0.2) is 0 Å². The van der Waals surface area contributed by atoms with Crippen molar-refractivity contribution in [1.82, 2.24) is 5.32 Å². The Balaban J connectivity index is 1.54. The molecule has 0 aromatic heterocycles. The third-order valence-electron chi connectivity index (χ3n) is 4.50. The summed E-state index contributed by atoms with van der Waals surface area (Å²) in [7, 11) is 0. The van der Waals surface area contributed by atoms with Gasteiger partial charge in [-0.2, -0.15) is 0 Å². The predicted octanol–water partition coefficient (Wildman–Crippen LogP) is 3.49. The van der Waals surface area contributed by atoms with Crippen LogP contribution in [0.3, 0.4) is 0 Å². The van der Waals surface area contributed by atoms with Crippen molar-refractivity contribution >= 4 is 5.91 Å². The molecule has 3 rings (SSSR count). The zero-order valence-electron chi connectivity index (χ0n) is 14.7. The second-order valence-corrected chi connectivity index (χ2v) is 6.86. The summed E-state index contributed by atoms with van der Waals surface area (Å²) in [6.45, 7) is 3.27. The normalized spacial score (nSPS) is 14.8. The second-order valence-electron chi connectivity index (χ2n) is 6.86. The highest BCUT2D eigenvalue weighted by atomic mass is 16.5. The van der Waals surface area contributed by atoms with Gasteiger partial charge in [-0.3, -0.25) is 4.79 Å². The van der Waals surface area contributed by atoms with Crippen molar-refractivity contribution in [2.45, 2.75) is 38.8 Å². The summed E-state index contributed by atoms with van der Waals surface area (Å²) in [5, 5.41) is 2.96. The van der Waals surface area contributed by atoms with Crippen molar-refractivity contribution in [2.24, 2.45) is 11.7 Å². The number of ether oxygens (including phenoxy) is 1. The topological polar surface area (TPSA) is 64.4 Å². The molecule has 2 aromatic rings. The van der Waals surface area contributed by atoms with Crippen LogP contribution in [0.1, 0.15) is 42.0 Å². The molecule has 4 heteroatoms. The molecule has 132 valence electrons. The Labute approximate surface area is 149 Å². The highest BCUT2D eigenvalue weighted by molar-refractivity contribution is 5.76. The van der Waals surface area contributed by atoms with E-state index in [1.165, 1.54) is 12.8 Å². The van der Waals surface area contributed by atoms with Gasteiger partial charge >= 0.3 is 0 Å². The molecular weight excluding hydrogens is 312 g/mol. The second kappa shape index (κ2) is 8.17. The van der Waals surface area contributed by atoms with E-state index in [1.54, 1.807) is 0 Å². The molecule has 0 aliphatic heterocycles. The number of benzene rings is 2. The summed E-state index contributed by atoms with van der Waals surface area (Å²) in [5.74, 6) is 1.52. The molecule has 0 spiro atoms. The lowest BCUT2D eigenvalue weighted by Gasteiger charge is -2.15. The minimum atomic E-state index is -0.287. The molecule has 1 amide bonds. The van der Waals surface area contributed by atoms with E-state index in [0.29, 0.717) is 12.5 Å². The van der Waals surface area contributed by atoms with Crippen LogP contribution in [-0.2, 0) is 11.3 Å². The van der Waals surface area contributed by atoms with Crippen molar-refractivity contribution in [3.05, 3.63) is 65.2 Å². The maximum Gasteiger partial charge on any atom is 0.222 e. The maximum absolute atomic E-state index is 12.2. The molecule has 0 saturated heterocycles. The van der Waals surface area contributed by atoms with Gasteiger partial charge in [0.25, 0.3) is 0 Å². The lowest BCUT2D eigenvalue weighted by atomic mass is 10.0. The van der Waals surface area contributed by atoms with Crippen molar-refractivity contribution in [2.75, 3.05) is 6.61 Å². The monoisotopic (exact) mass is 338 g/mol. The molecule has 25 heavy (non-hydrogen) atoms. The van der Waals surface area contributed by atoms with Crippen LogP contribution in [0.2, 0.25) is 0 Å². The Morgan fingerprint density at radius 3 is 2.72 bits per heavy atom. The number of amides is 1. The lowest BCUT2D eigenvalue weighted by Crippen LogP contribution is -2.27. The number of aryl methyl sites for hydroxylation is 1. The number of hydrogen-bond acceptors (Lipinski definition) is 3. The van der Waals surface area contributed by atoms with Crippen molar-refractivity contribution < 1.29 is 9.53 Å². The first-order chi connectivity index (χ1) is 12.1. The van der Waals surface area contributed by atoms with Crippen molar-refractivity contribution in [3.63, 3.8) is 0 Å². The van der Waals surface area contributed by atoms with Crippen LogP contribution in [0.25, 0.3) is 0 Å². The van der Waals surface area contributed by atoms with Crippen molar-refractivity contribution in [1.29, 1.82) is 0 Å². The van der Waals surface area contributed by atoms with E-state index in [4.69, 9.17) is 10.5 Å². The molecule has 4 nitrogen and oxygen atoms in total. The smallest absolute Gasteiger partial charge is 0.222 e. The number of carbonyl (C=O) groups excluding carboxylic acids is 1. The molecule has 1 aliphatic rings. The van der Waals surface area contributed by atoms with Crippen LogP contribution < -0.4 is 15.8 Å². The van der Waals surface area contributed by atoms with Crippen LogP contribution in [0, 0.1) is 12.8 Å². The summed E-state index contributed by atoms with van der Waals surface area (Å²) in [5.41, 5.74) is 9.26. The van der Waals surface area contributed by atoms with Crippen LogP contribution in [0.4, 0.5) is 0 Å². The molecule has 1 fully saturated rings. The zero-order valence-corrected chi connectivity index (χ0v) is 14.7. The number of nitrogens with two attached hydrogens (primary N) is 1. The largest absolute Gasteiger partial charge is 0.493 e. The molecular formula is C21H26N2O2. The number of rotatable bonds is 8. The molecule has 0 bridgehead atoms. The number of nitrogens with one attached hydrogen (secondary N) is 1. The summed E-state index contributed by atoms with van der Waals surface area (Å²) in [6.07, 6.45) is 2.79. The molecule has 3 N–H and O–H groups in total. The van der Waals surface area contributed by atoms with E-state index in [0.717, 1.165) is 29.0 Å². The summed E-state index contributed by atoms with van der Waals surface area (Å²) in [6, 6.07) is 15.5. The summed E-state index contributed by atoms with van der Waals surface area (Å²) >= 11 is 0. The molecule has 1 atom stereocenters. The Morgan fingerprint density at radius 2 is 2.00 bits per heavy atom. The average Bonchev–Trinajstić information content (AvgIpc) is 3.44. The van der Waals surface area contributed by atoms with Crippen LogP contribution in [0.5, 0.6) is 5.75 Å². The van der Waals surface area contributed by atoms with Crippen LogP contribution in [0.15, 0.2) is 48.5 Å². The molecule has 1 unspecified atom stereocenters. The lowest BCUT2D eigenvalue weighted by molar-refractivity contribution is -0.121. The third-order valence-corrected chi connectivity index (χ3v) is 4.50. The van der Waals surface area contributed by atoms with Crippen LogP contribution in [-0.4, -0.2) is 12.5 Å².